The van der Waals surface area contributed by atoms with Crippen molar-refractivity contribution in [2.75, 3.05) is 17.6 Å². The summed E-state index contributed by atoms with van der Waals surface area (Å²) in [5, 5.41) is 11.5. The van der Waals surface area contributed by atoms with E-state index in [9.17, 15) is 26.9 Å². The molecule has 0 aliphatic heterocycles. The number of rotatable bonds is 5. The molecule has 0 fully saturated rings. The van der Waals surface area contributed by atoms with Gasteiger partial charge in [-0.25, -0.2) is 16.8 Å². The summed E-state index contributed by atoms with van der Waals surface area (Å²) in [6, 6.07) is 10.7. The number of benzene rings is 2. The average molecular weight is 370 g/mol. The highest BCUT2D eigenvalue weighted by atomic mass is 32.2. The molecule has 0 saturated heterocycles. The second-order valence-electron chi connectivity index (χ2n) is 4.93. The molecule has 0 bridgehead atoms. The van der Waals surface area contributed by atoms with Crippen LogP contribution in [0.2, 0.25) is 0 Å². The Bertz CT molecular complexity index is 985. The van der Waals surface area contributed by atoms with Gasteiger partial charge < -0.3 is 0 Å². The number of anilines is 1. The van der Waals surface area contributed by atoms with E-state index in [0.29, 0.717) is 4.31 Å². The highest BCUT2D eigenvalue weighted by Gasteiger charge is 2.33. The summed E-state index contributed by atoms with van der Waals surface area (Å²) in [5.74, 6) is 0. The first-order valence-electron chi connectivity index (χ1n) is 6.58. The van der Waals surface area contributed by atoms with Gasteiger partial charge in [0.1, 0.15) is 5.69 Å². The molecule has 10 heteroatoms. The molecular formula is C14H14N2O6S2. The van der Waals surface area contributed by atoms with Crippen LogP contribution in [0.3, 0.4) is 0 Å². The summed E-state index contributed by atoms with van der Waals surface area (Å²) >= 11 is 0. The van der Waals surface area contributed by atoms with Crippen molar-refractivity contribution in [3.63, 3.8) is 0 Å². The maximum Gasteiger partial charge on any atom is 0.312 e. The third-order valence-corrected chi connectivity index (χ3v) is 6.33. The molecule has 0 atom stereocenters. The lowest BCUT2D eigenvalue weighted by Crippen LogP contribution is -2.26. The van der Waals surface area contributed by atoms with Crippen molar-refractivity contribution in [3.05, 3.63) is 58.6 Å². The van der Waals surface area contributed by atoms with E-state index in [1.807, 2.05) is 0 Å². The third-order valence-electron chi connectivity index (χ3n) is 3.34. The molecule has 2 aromatic rings. The maximum atomic E-state index is 12.7. The Morgan fingerprint density at radius 1 is 0.958 bits per heavy atom. The Kier molecular flexibility index (Phi) is 4.63. The van der Waals surface area contributed by atoms with Crippen molar-refractivity contribution in [2.45, 2.75) is 9.79 Å². The van der Waals surface area contributed by atoms with Gasteiger partial charge in [0.15, 0.2) is 4.90 Å². The van der Waals surface area contributed by atoms with Crippen molar-refractivity contribution >= 4 is 31.2 Å². The molecule has 0 saturated carbocycles. The number of sulfone groups is 1. The molecule has 0 spiro atoms. The van der Waals surface area contributed by atoms with Crippen LogP contribution < -0.4 is 4.31 Å². The van der Waals surface area contributed by atoms with E-state index in [1.54, 1.807) is 6.07 Å². The zero-order valence-corrected chi connectivity index (χ0v) is 14.4. The minimum atomic E-state index is -4.18. The van der Waals surface area contributed by atoms with E-state index in [-0.39, 0.29) is 10.6 Å². The molecule has 24 heavy (non-hydrogen) atoms. The normalized spacial score (nSPS) is 11.9. The van der Waals surface area contributed by atoms with Gasteiger partial charge in [-0.15, -0.1) is 0 Å². The quantitative estimate of drug-likeness (QED) is 0.586. The van der Waals surface area contributed by atoms with Crippen LogP contribution in [0.4, 0.5) is 11.4 Å². The average Bonchev–Trinajstić information content (AvgIpc) is 2.53. The lowest BCUT2D eigenvalue weighted by molar-refractivity contribution is -0.387. The summed E-state index contributed by atoms with van der Waals surface area (Å²) in [7, 11) is -6.86. The topological polar surface area (TPSA) is 115 Å². The van der Waals surface area contributed by atoms with Crippen LogP contribution in [-0.2, 0) is 19.9 Å². The van der Waals surface area contributed by atoms with Crippen LogP contribution in [0, 0.1) is 10.1 Å². The number of sulfonamides is 1. The molecule has 0 aliphatic carbocycles. The molecule has 0 unspecified atom stereocenters. The minimum Gasteiger partial charge on any atom is -0.267 e. The predicted octanol–water partition coefficient (Wildman–Crippen LogP) is 1.82. The van der Waals surface area contributed by atoms with Crippen molar-refractivity contribution in [2.24, 2.45) is 0 Å². The Hall–Kier alpha value is -2.46. The van der Waals surface area contributed by atoms with Gasteiger partial charge >= 0.3 is 5.69 Å². The second-order valence-corrected chi connectivity index (χ2v) is 8.86. The van der Waals surface area contributed by atoms with Crippen molar-refractivity contribution in [3.8, 4) is 0 Å². The lowest BCUT2D eigenvalue weighted by Gasteiger charge is -2.17. The Labute approximate surface area is 139 Å². The van der Waals surface area contributed by atoms with Gasteiger partial charge in [0.05, 0.1) is 16.1 Å². The van der Waals surface area contributed by atoms with Crippen molar-refractivity contribution in [1.82, 2.24) is 0 Å². The van der Waals surface area contributed by atoms with Crippen LogP contribution in [0.5, 0.6) is 0 Å². The predicted molar refractivity (Wildman–Crippen MR) is 88.2 cm³/mol. The Balaban J connectivity index is 2.80. The fourth-order valence-electron chi connectivity index (χ4n) is 2.07. The van der Waals surface area contributed by atoms with Gasteiger partial charge in [0.2, 0.25) is 19.9 Å². The molecule has 0 N–H and O–H groups in total. The molecule has 2 aromatic carbocycles. The van der Waals surface area contributed by atoms with Crippen LogP contribution >= 0.6 is 0 Å². The number of nitro benzene ring substituents is 1. The highest BCUT2D eigenvalue weighted by molar-refractivity contribution is 7.92. The minimum absolute atomic E-state index is 0.118. The van der Waals surface area contributed by atoms with Gasteiger partial charge in [-0.2, -0.15) is 0 Å². The smallest absolute Gasteiger partial charge is 0.267 e. The number of nitro groups is 1. The van der Waals surface area contributed by atoms with Gasteiger partial charge in [0, 0.05) is 7.05 Å². The monoisotopic (exact) mass is 370 g/mol. The zero-order chi connectivity index (χ0) is 18.1. The van der Waals surface area contributed by atoms with Crippen LogP contribution in [0.15, 0.2) is 58.3 Å². The molecule has 0 heterocycles. The van der Waals surface area contributed by atoms with Crippen molar-refractivity contribution < 1.29 is 21.8 Å². The van der Waals surface area contributed by atoms with E-state index in [0.717, 1.165) is 19.4 Å². The van der Waals surface area contributed by atoms with Gasteiger partial charge in [-0.3, -0.25) is 14.4 Å². The third kappa shape index (κ3) is 3.24. The molecule has 8 nitrogen and oxygen atoms in total. The summed E-state index contributed by atoms with van der Waals surface area (Å²) in [6.45, 7) is 0. The standard InChI is InChI=1S/C14H14N2O6S2/c1-15(23(2,19)20)12-9-6-10-13(14(12)16(17)18)24(21,22)11-7-4-3-5-8-11/h3-10H,1-2H3. The van der Waals surface area contributed by atoms with Crippen LogP contribution in [0.25, 0.3) is 0 Å². The largest absolute Gasteiger partial charge is 0.312 e. The Morgan fingerprint density at radius 2 is 1.54 bits per heavy atom. The molecule has 0 amide bonds. The first kappa shape index (κ1) is 17.9. The van der Waals surface area contributed by atoms with E-state index in [2.05, 4.69) is 0 Å². The summed E-state index contributed by atoms with van der Waals surface area (Å²) < 4.78 is 49.5. The summed E-state index contributed by atoms with van der Waals surface area (Å²) in [4.78, 5) is 9.89. The summed E-state index contributed by atoms with van der Waals surface area (Å²) in [5.41, 5.74) is -1.10. The fourth-order valence-corrected chi connectivity index (χ4v) is 4.04. The highest BCUT2D eigenvalue weighted by Crippen LogP contribution is 2.37. The molecule has 128 valence electrons. The van der Waals surface area contributed by atoms with E-state index in [1.165, 1.54) is 36.4 Å². The van der Waals surface area contributed by atoms with E-state index >= 15 is 0 Å². The first-order valence-corrected chi connectivity index (χ1v) is 9.91. The van der Waals surface area contributed by atoms with Gasteiger partial charge in [-0.05, 0) is 24.3 Å². The summed E-state index contributed by atoms with van der Waals surface area (Å²) in [6.07, 6.45) is 0.870. The molecule has 0 aliphatic rings. The van der Waals surface area contributed by atoms with Crippen LogP contribution in [-0.4, -0.2) is 35.1 Å². The zero-order valence-electron chi connectivity index (χ0n) is 12.8. The second kappa shape index (κ2) is 6.21. The fraction of sp³-hybridized carbons (Fsp3) is 0.143. The van der Waals surface area contributed by atoms with Crippen LogP contribution in [0.1, 0.15) is 0 Å². The maximum absolute atomic E-state index is 12.7. The first-order chi connectivity index (χ1) is 11.1. The molecule has 0 radical (unpaired) electrons. The number of hydrogen-bond acceptors (Lipinski definition) is 6. The SMILES string of the molecule is CN(c1cccc(S(=O)(=O)c2ccccc2)c1[N+](=O)[O-])S(C)(=O)=O. The number of nitrogens with zero attached hydrogens (tertiary/aromatic N) is 2. The number of para-hydroxylation sites is 1. The van der Waals surface area contributed by atoms with E-state index in [4.69, 9.17) is 0 Å². The van der Waals surface area contributed by atoms with E-state index < -0.39 is 35.4 Å². The van der Waals surface area contributed by atoms with Gasteiger partial charge in [-0.1, -0.05) is 24.3 Å². The number of hydrogen-bond donors (Lipinski definition) is 0. The molecule has 2 rings (SSSR count). The van der Waals surface area contributed by atoms with Gasteiger partial charge in [0.25, 0.3) is 0 Å². The molecule has 0 aromatic heterocycles. The molecular weight excluding hydrogens is 356 g/mol. The lowest BCUT2D eigenvalue weighted by atomic mass is 10.2. The Morgan fingerprint density at radius 3 is 2.04 bits per heavy atom. The van der Waals surface area contributed by atoms with Crippen molar-refractivity contribution in [1.29, 1.82) is 0 Å².